The van der Waals surface area contributed by atoms with Crippen molar-refractivity contribution in [1.82, 2.24) is 9.21 Å². The van der Waals surface area contributed by atoms with Crippen molar-refractivity contribution < 1.29 is 8.42 Å². The third-order valence-electron chi connectivity index (χ3n) is 4.06. The number of hydrogen-bond acceptors (Lipinski definition) is 4. The van der Waals surface area contributed by atoms with Crippen LogP contribution < -0.4 is 0 Å². The van der Waals surface area contributed by atoms with Crippen molar-refractivity contribution in [2.24, 2.45) is 0 Å². The van der Waals surface area contributed by atoms with Crippen molar-refractivity contribution >= 4 is 10.0 Å². The zero-order valence-corrected chi connectivity index (χ0v) is 14.1. The van der Waals surface area contributed by atoms with Crippen molar-refractivity contribution in [3.8, 4) is 6.07 Å². The van der Waals surface area contributed by atoms with Crippen LogP contribution in [0.5, 0.6) is 0 Å². The van der Waals surface area contributed by atoms with E-state index in [0.29, 0.717) is 24.4 Å². The molecule has 22 heavy (non-hydrogen) atoms. The number of nitriles is 1. The van der Waals surface area contributed by atoms with Gasteiger partial charge >= 0.3 is 0 Å². The molecule has 120 valence electrons. The van der Waals surface area contributed by atoms with Gasteiger partial charge in [-0.25, -0.2) is 8.42 Å². The van der Waals surface area contributed by atoms with Crippen molar-refractivity contribution in [3.63, 3.8) is 0 Å². The van der Waals surface area contributed by atoms with E-state index in [2.05, 4.69) is 11.0 Å². The van der Waals surface area contributed by atoms with E-state index in [-0.39, 0.29) is 0 Å². The molecule has 0 bridgehead atoms. The first kappa shape index (κ1) is 16.9. The van der Waals surface area contributed by atoms with Gasteiger partial charge in [-0.15, -0.1) is 0 Å². The summed E-state index contributed by atoms with van der Waals surface area (Å²) in [4.78, 5) is 2.65. The molecule has 1 aliphatic heterocycles. The Bertz CT molecular complexity index is 656. The summed E-state index contributed by atoms with van der Waals surface area (Å²) in [6, 6.07) is 7.69. The zero-order chi connectivity index (χ0) is 16.2. The van der Waals surface area contributed by atoms with Crippen LogP contribution in [0.2, 0.25) is 0 Å². The average Bonchev–Trinajstić information content (AvgIpc) is 2.50. The van der Waals surface area contributed by atoms with Crippen molar-refractivity contribution in [2.45, 2.75) is 31.6 Å². The van der Waals surface area contributed by atoms with Gasteiger partial charge < -0.3 is 4.90 Å². The maximum absolute atomic E-state index is 12.8. The Morgan fingerprint density at radius 2 is 1.86 bits per heavy atom. The first-order valence-corrected chi connectivity index (χ1v) is 9.06. The van der Waals surface area contributed by atoms with Crippen LogP contribution in [0.15, 0.2) is 23.1 Å². The lowest BCUT2D eigenvalue weighted by Crippen LogP contribution is -2.48. The summed E-state index contributed by atoms with van der Waals surface area (Å²) < 4.78 is 27.2. The van der Waals surface area contributed by atoms with E-state index >= 15 is 0 Å². The van der Waals surface area contributed by atoms with Crippen LogP contribution >= 0.6 is 0 Å². The number of sulfonamides is 1. The molecule has 1 saturated heterocycles. The lowest BCUT2D eigenvalue weighted by Gasteiger charge is -2.34. The second kappa shape index (κ2) is 7.23. The van der Waals surface area contributed by atoms with E-state index in [1.54, 1.807) is 10.4 Å². The first-order valence-electron chi connectivity index (χ1n) is 7.62. The highest BCUT2D eigenvalue weighted by Crippen LogP contribution is 2.22. The summed E-state index contributed by atoms with van der Waals surface area (Å²) in [6.07, 6.45) is 1.40. The molecule has 0 amide bonds. The van der Waals surface area contributed by atoms with Gasteiger partial charge in [-0.3, -0.25) is 0 Å². The molecule has 1 aromatic carbocycles. The molecule has 0 N–H and O–H groups in total. The van der Waals surface area contributed by atoms with Gasteiger partial charge in [-0.05, 0) is 44.0 Å². The zero-order valence-electron chi connectivity index (χ0n) is 13.2. The molecule has 0 aromatic heterocycles. The number of rotatable bonds is 5. The van der Waals surface area contributed by atoms with Crippen LogP contribution in [0.25, 0.3) is 0 Å². The summed E-state index contributed by atoms with van der Waals surface area (Å²) in [5.74, 6) is 0. The molecule has 0 unspecified atom stereocenters. The fourth-order valence-corrected chi connectivity index (χ4v) is 4.43. The van der Waals surface area contributed by atoms with Gasteiger partial charge in [0.25, 0.3) is 0 Å². The highest BCUT2D eigenvalue weighted by molar-refractivity contribution is 7.89. The Kier molecular flexibility index (Phi) is 5.57. The second-order valence-corrected chi connectivity index (χ2v) is 7.68. The number of unbranched alkanes of at least 4 members (excludes halogenated alkanes) is 1. The Morgan fingerprint density at radius 3 is 2.50 bits per heavy atom. The van der Waals surface area contributed by atoms with Gasteiger partial charge in [0, 0.05) is 32.6 Å². The molecule has 2 rings (SSSR count). The van der Waals surface area contributed by atoms with E-state index in [0.717, 1.165) is 37.2 Å². The highest BCUT2D eigenvalue weighted by atomic mass is 32.2. The quantitative estimate of drug-likeness (QED) is 0.777. The topological polar surface area (TPSA) is 64.4 Å². The largest absolute Gasteiger partial charge is 0.301 e. The minimum Gasteiger partial charge on any atom is -0.301 e. The van der Waals surface area contributed by atoms with Gasteiger partial charge in [-0.1, -0.05) is 12.1 Å². The number of piperazine rings is 1. The molecule has 0 saturated carbocycles. The van der Waals surface area contributed by atoms with Crippen LogP contribution in [0.3, 0.4) is 0 Å². The third-order valence-corrected chi connectivity index (χ3v) is 6.10. The Morgan fingerprint density at radius 1 is 1.18 bits per heavy atom. The van der Waals surface area contributed by atoms with Gasteiger partial charge in [0.15, 0.2) is 0 Å². The molecule has 5 nitrogen and oxygen atoms in total. The Hall–Kier alpha value is -1.42. The van der Waals surface area contributed by atoms with Gasteiger partial charge in [0.2, 0.25) is 10.0 Å². The number of nitrogens with zero attached hydrogens (tertiary/aromatic N) is 3. The molecule has 1 aliphatic rings. The molecule has 0 atom stereocenters. The van der Waals surface area contributed by atoms with Crippen molar-refractivity contribution in [1.29, 1.82) is 5.26 Å². The van der Waals surface area contributed by atoms with Crippen LogP contribution in [0, 0.1) is 25.2 Å². The number of aryl methyl sites for hydroxylation is 2. The first-order chi connectivity index (χ1) is 10.4. The van der Waals surface area contributed by atoms with Gasteiger partial charge in [0.05, 0.1) is 11.0 Å². The van der Waals surface area contributed by atoms with Crippen molar-refractivity contribution in [3.05, 3.63) is 29.3 Å². The Labute approximate surface area is 133 Å². The van der Waals surface area contributed by atoms with E-state index in [1.165, 1.54) is 0 Å². The fourth-order valence-electron chi connectivity index (χ4n) is 2.70. The molecular weight excluding hydrogens is 298 g/mol. The van der Waals surface area contributed by atoms with Crippen LogP contribution in [-0.2, 0) is 10.0 Å². The average molecular weight is 321 g/mol. The summed E-state index contributed by atoms with van der Waals surface area (Å²) in [6.45, 7) is 7.11. The van der Waals surface area contributed by atoms with Crippen LogP contribution in [0.4, 0.5) is 0 Å². The smallest absolute Gasteiger partial charge is 0.243 e. The molecule has 0 radical (unpaired) electrons. The number of benzene rings is 1. The molecule has 1 heterocycles. The third kappa shape index (κ3) is 3.86. The maximum Gasteiger partial charge on any atom is 0.243 e. The molecule has 1 aromatic rings. The minimum absolute atomic E-state index is 0.422. The summed E-state index contributed by atoms with van der Waals surface area (Å²) in [7, 11) is -3.41. The summed E-state index contributed by atoms with van der Waals surface area (Å²) in [5, 5.41) is 8.56. The lowest BCUT2D eigenvalue weighted by molar-refractivity contribution is 0.187. The highest BCUT2D eigenvalue weighted by Gasteiger charge is 2.29. The normalized spacial score (nSPS) is 17.3. The number of hydrogen-bond donors (Lipinski definition) is 0. The summed E-state index contributed by atoms with van der Waals surface area (Å²) in [5.41, 5.74) is 1.75. The van der Waals surface area contributed by atoms with E-state index in [1.807, 2.05) is 26.0 Å². The predicted octanol–water partition coefficient (Wildman–Crippen LogP) is 1.91. The summed E-state index contributed by atoms with van der Waals surface area (Å²) >= 11 is 0. The van der Waals surface area contributed by atoms with Crippen LogP contribution in [-0.4, -0.2) is 50.3 Å². The van der Waals surface area contributed by atoms with E-state index in [4.69, 9.17) is 5.26 Å². The van der Waals surface area contributed by atoms with Gasteiger partial charge in [0.1, 0.15) is 0 Å². The van der Waals surface area contributed by atoms with Crippen LogP contribution in [0.1, 0.15) is 24.0 Å². The Balaban J connectivity index is 2.04. The minimum atomic E-state index is -3.41. The molecular formula is C16H23N3O2S. The fraction of sp³-hybridized carbons (Fsp3) is 0.562. The lowest BCUT2D eigenvalue weighted by atomic mass is 10.2. The maximum atomic E-state index is 12.8. The predicted molar refractivity (Wildman–Crippen MR) is 86.0 cm³/mol. The molecule has 6 heteroatoms. The monoisotopic (exact) mass is 321 g/mol. The molecule has 0 spiro atoms. The second-order valence-electron chi connectivity index (χ2n) is 5.78. The van der Waals surface area contributed by atoms with Crippen molar-refractivity contribution in [2.75, 3.05) is 32.7 Å². The SMILES string of the molecule is Cc1ccc(C)c(S(=O)(=O)N2CCN(CCCC#N)CC2)c1. The van der Waals surface area contributed by atoms with E-state index < -0.39 is 10.0 Å². The van der Waals surface area contributed by atoms with E-state index in [9.17, 15) is 8.42 Å². The molecule has 0 aliphatic carbocycles. The standard InChI is InChI=1S/C16H23N3O2S/c1-14-5-6-15(2)16(13-14)22(20,21)19-11-9-18(10-12-19)8-4-3-7-17/h5-6,13H,3-4,8-12H2,1-2H3. The molecule has 1 fully saturated rings. The van der Waals surface area contributed by atoms with Gasteiger partial charge in [-0.2, -0.15) is 9.57 Å².